The Labute approximate surface area is 171 Å². The number of aromatic amines is 1. The second-order valence-corrected chi connectivity index (χ2v) is 7.34. The molecule has 4 aromatic rings. The second kappa shape index (κ2) is 7.11. The van der Waals surface area contributed by atoms with E-state index in [0.29, 0.717) is 28.5 Å². The number of fused-ring (bicyclic) bond motifs is 3. The van der Waals surface area contributed by atoms with Gasteiger partial charge in [0.1, 0.15) is 5.75 Å². The maximum absolute atomic E-state index is 12.9. The van der Waals surface area contributed by atoms with E-state index < -0.39 is 0 Å². The fraction of sp³-hybridized carbons (Fsp3) is 0.130. The Morgan fingerprint density at radius 2 is 1.77 bits per heavy atom. The standard InChI is InChI=1S/C23H18N4O3/c28-18-9-5-4-8-15(18)13-10-16-17(19(29)11-13)12-24-21-20(16)22(30)27-23(26-21)25-14-6-2-1-3-7-14/h1-9,12-13,28H,10-11H2,(H2,24,25,26,27,30)/t13-/m1/s1. The molecular weight excluding hydrogens is 380 g/mol. The third-order valence-corrected chi connectivity index (χ3v) is 5.44. The molecule has 0 radical (unpaired) electrons. The molecule has 0 aliphatic heterocycles. The number of benzene rings is 2. The van der Waals surface area contributed by atoms with Gasteiger partial charge in [-0.3, -0.25) is 14.6 Å². The highest BCUT2D eigenvalue weighted by molar-refractivity contribution is 6.02. The summed E-state index contributed by atoms with van der Waals surface area (Å²) in [4.78, 5) is 37.2. The molecule has 1 aliphatic carbocycles. The Balaban J connectivity index is 1.60. The summed E-state index contributed by atoms with van der Waals surface area (Å²) in [7, 11) is 0. The maximum atomic E-state index is 12.9. The van der Waals surface area contributed by atoms with Crippen LogP contribution in [-0.2, 0) is 6.42 Å². The fourth-order valence-corrected chi connectivity index (χ4v) is 4.04. The van der Waals surface area contributed by atoms with Crippen molar-refractivity contribution in [2.75, 3.05) is 5.32 Å². The van der Waals surface area contributed by atoms with Gasteiger partial charge in [0, 0.05) is 23.9 Å². The van der Waals surface area contributed by atoms with E-state index in [9.17, 15) is 14.7 Å². The number of aromatic nitrogens is 3. The molecule has 3 N–H and O–H groups in total. The van der Waals surface area contributed by atoms with Crippen LogP contribution in [0.5, 0.6) is 5.75 Å². The number of nitrogens with zero attached hydrogens (tertiary/aromatic N) is 2. The van der Waals surface area contributed by atoms with Crippen LogP contribution in [0.4, 0.5) is 11.6 Å². The molecule has 7 nitrogen and oxygen atoms in total. The average Bonchev–Trinajstić information content (AvgIpc) is 2.74. The highest BCUT2D eigenvalue weighted by atomic mass is 16.3. The summed E-state index contributed by atoms with van der Waals surface area (Å²) < 4.78 is 0. The molecule has 0 saturated carbocycles. The molecule has 0 spiro atoms. The number of carbonyl (C=O) groups is 1. The summed E-state index contributed by atoms with van der Waals surface area (Å²) in [5.41, 5.74) is 2.49. The quantitative estimate of drug-likeness (QED) is 0.486. The SMILES string of the molecule is O=C1C[C@H](c2ccccc2O)Cc2c1cnc1nc(Nc3ccccc3)[nH]c(=O)c21. The summed E-state index contributed by atoms with van der Waals surface area (Å²) in [5, 5.41) is 13.6. The zero-order chi connectivity index (χ0) is 20.7. The summed E-state index contributed by atoms with van der Waals surface area (Å²) in [6.45, 7) is 0. The van der Waals surface area contributed by atoms with Gasteiger partial charge < -0.3 is 10.4 Å². The van der Waals surface area contributed by atoms with Crippen molar-refractivity contribution in [1.82, 2.24) is 15.0 Å². The minimum Gasteiger partial charge on any atom is -0.508 e. The molecule has 5 rings (SSSR count). The van der Waals surface area contributed by atoms with Gasteiger partial charge in [0.15, 0.2) is 11.4 Å². The predicted octanol–water partition coefficient (Wildman–Crippen LogP) is 3.68. The molecule has 1 aliphatic rings. The lowest BCUT2D eigenvalue weighted by molar-refractivity contribution is 0.0964. The Kier molecular flexibility index (Phi) is 4.28. The second-order valence-electron chi connectivity index (χ2n) is 7.34. The van der Waals surface area contributed by atoms with Crippen molar-refractivity contribution < 1.29 is 9.90 Å². The molecular formula is C23H18N4O3. The molecule has 30 heavy (non-hydrogen) atoms. The number of aromatic hydroxyl groups is 1. The number of phenolic OH excluding ortho intramolecular Hbond substituents is 1. The van der Waals surface area contributed by atoms with Crippen LogP contribution >= 0.6 is 0 Å². The lowest BCUT2D eigenvalue weighted by Gasteiger charge is -2.25. The highest BCUT2D eigenvalue weighted by Crippen LogP contribution is 2.37. The van der Waals surface area contributed by atoms with E-state index in [1.807, 2.05) is 42.5 Å². The third kappa shape index (κ3) is 3.10. The van der Waals surface area contributed by atoms with Crippen LogP contribution < -0.4 is 10.9 Å². The van der Waals surface area contributed by atoms with Gasteiger partial charge in [-0.15, -0.1) is 0 Å². The number of hydrogen-bond donors (Lipinski definition) is 3. The van der Waals surface area contributed by atoms with Crippen LogP contribution in [-0.4, -0.2) is 25.8 Å². The highest BCUT2D eigenvalue weighted by Gasteiger charge is 2.30. The molecule has 7 heteroatoms. The topological polar surface area (TPSA) is 108 Å². The smallest absolute Gasteiger partial charge is 0.262 e. The van der Waals surface area contributed by atoms with E-state index in [-0.39, 0.29) is 41.0 Å². The van der Waals surface area contributed by atoms with Crippen molar-refractivity contribution in [2.24, 2.45) is 0 Å². The average molecular weight is 398 g/mol. The minimum atomic E-state index is -0.353. The first kappa shape index (κ1) is 18.1. The number of nitrogens with one attached hydrogen (secondary N) is 2. The number of anilines is 2. The summed E-state index contributed by atoms with van der Waals surface area (Å²) >= 11 is 0. The molecule has 148 valence electrons. The lowest BCUT2D eigenvalue weighted by atomic mass is 9.79. The number of hydrogen-bond acceptors (Lipinski definition) is 6. The fourth-order valence-electron chi connectivity index (χ4n) is 4.04. The largest absolute Gasteiger partial charge is 0.508 e. The van der Waals surface area contributed by atoms with Gasteiger partial charge in [-0.1, -0.05) is 36.4 Å². The molecule has 1 atom stereocenters. The summed E-state index contributed by atoms with van der Waals surface area (Å²) in [5.74, 6) is 0.132. The van der Waals surface area contributed by atoms with Gasteiger partial charge >= 0.3 is 0 Å². The lowest BCUT2D eigenvalue weighted by Crippen LogP contribution is -2.23. The maximum Gasteiger partial charge on any atom is 0.262 e. The number of rotatable bonds is 3. The van der Waals surface area contributed by atoms with E-state index in [1.165, 1.54) is 6.20 Å². The van der Waals surface area contributed by atoms with Gasteiger partial charge in [0.2, 0.25) is 5.95 Å². The van der Waals surface area contributed by atoms with Crippen LogP contribution in [0.25, 0.3) is 11.0 Å². The van der Waals surface area contributed by atoms with Gasteiger partial charge in [-0.2, -0.15) is 4.98 Å². The van der Waals surface area contributed by atoms with Crippen molar-refractivity contribution >= 4 is 28.5 Å². The van der Waals surface area contributed by atoms with Crippen molar-refractivity contribution in [2.45, 2.75) is 18.8 Å². The zero-order valence-electron chi connectivity index (χ0n) is 15.9. The molecule has 0 fully saturated rings. The number of para-hydroxylation sites is 2. The number of Topliss-reactive ketones (excluding diaryl/α,β-unsaturated/α-hetero) is 1. The Morgan fingerprint density at radius 1 is 1.00 bits per heavy atom. The Bertz CT molecular complexity index is 1330. The van der Waals surface area contributed by atoms with Gasteiger partial charge in [0.25, 0.3) is 5.56 Å². The minimum absolute atomic E-state index is 0.0928. The van der Waals surface area contributed by atoms with Crippen LogP contribution in [0.1, 0.15) is 33.8 Å². The molecule has 0 bridgehead atoms. The normalized spacial score (nSPS) is 15.7. The molecule has 0 amide bonds. The van der Waals surface area contributed by atoms with Crippen molar-refractivity contribution in [3.63, 3.8) is 0 Å². The molecule has 0 saturated heterocycles. The van der Waals surface area contributed by atoms with Gasteiger partial charge in [0.05, 0.1) is 5.39 Å². The van der Waals surface area contributed by atoms with E-state index in [1.54, 1.807) is 12.1 Å². The van der Waals surface area contributed by atoms with Crippen LogP contribution in [0.3, 0.4) is 0 Å². The number of carbonyl (C=O) groups excluding carboxylic acids is 1. The van der Waals surface area contributed by atoms with Crippen LogP contribution in [0.15, 0.2) is 65.6 Å². The Morgan fingerprint density at radius 3 is 2.57 bits per heavy atom. The number of H-pyrrole nitrogens is 1. The first-order valence-electron chi connectivity index (χ1n) is 9.65. The first-order valence-corrected chi connectivity index (χ1v) is 9.65. The first-order chi connectivity index (χ1) is 14.6. The van der Waals surface area contributed by atoms with Crippen molar-refractivity contribution in [1.29, 1.82) is 0 Å². The molecule has 2 aromatic heterocycles. The molecule has 2 aromatic carbocycles. The summed E-state index contributed by atoms with van der Waals surface area (Å²) in [6.07, 6.45) is 2.21. The third-order valence-electron chi connectivity index (χ3n) is 5.44. The van der Waals surface area contributed by atoms with Crippen LogP contribution in [0.2, 0.25) is 0 Å². The Hall–Kier alpha value is -4.00. The number of pyridine rings is 1. The van der Waals surface area contributed by atoms with Crippen LogP contribution in [0, 0.1) is 0 Å². The van der Waals surface area contributed by atoms with Crippen molar-refractivity contribution in [3.8, 4) is 5.75 Å². The predicted molar refractivity (Wildman–Crippen MR) is 113 cm³/mol. The summed E-state index contributed by atoms with van der Waals surface area (Å²) in [6, 6.07) is 16.4. The van der Waals surface area contributed by atoms with E-state index in [2.05, 4.69) is 20.3 Å². The number of ketones is 1. The van der Waals surface area contributed by atoms with Gasteiger partial charge in [-0.25, -0.2) is 4.98 Å². The van der Waals surface area contributed by atoms with E-state index >= 15 is 0 Å². The van der Waals surface area contributed by atoms with E-state index in [0.717, 1.165) is 5.69 Å². The van der Waals surface area contributed by atoms with Crippen molar-refractivity contribution in [3.05, 3.63) is 87.8 Å². The van der Waals surface area contributed by atoms with Gasteiger partial charge in [-0.05, 0) is 41.7 Å². The zero-order valence-corrected chi connectivity index (χ0v) is 15.9. The molecule has 0 unspecified atom stereocenters. The number of phenols is 1. The molecule has 2 heterocycles. The van der Waals surface area contributed by atoms with E-state index in [4.69, 9.17) is 0 Å². The monoisotopic (exact) mass is 398 g/mol.